The maximum Gasteiger partial charge on any atom is 0.504 e. The first-order chi connectivity index (χ1) is 10.6. The van der Waals surface area contributed by atoms with E-state index < -0.39 is 8.80 Å². The van der Waals surface area contributed by atoms with Gasteiger partial charge in [-0.1, -0.05) is 13.8 Å². The van der Waals surface area contributed by atoms with Gasteiger partial charge in [-0.05, 0) is 57.3 Å². The number of hydrogen-bond donors (Lipinski definition) is 0. The second-order valence-electron chi connectivity index (χ2n) is 6.98. The molecule has 0 radical (unpaired) electrons. The van der Waals surface area contributed by atoms with Crippen LogP contribution in [0.1, 0.15) is 47.5 Å². The molecule has 1 heterocycles. The molecule has 2 aliphatic carbocycles. The molecule has 4 nitrogen and oxygen atoms in total. The van der Waals surface area contributed by atoms with Crippen molar-refractivity contribution in [3.05, 3.63) is 0 Å². The van der Waals surface area contributed by atoms with Gasteiger partial charge in [0.05, 0.1) is 12.2 Å². The molecule has 3 fully saturated rings. The lowest BCUT2D eigenvalue weighted by molar-refractivity contribution is 0.0470. The number of hydrogen-bond acceptors (Lipinski definition) is 4. The fraction of sp³-hybridized carbons (Fsp3) is 1.00. The molecule has 0 spiro atoms. The van der Waals surface area contributed by atoms with Gasteiger partial charge in [-0.3, -0.25) is 0 Å². The van der Waals surface area contributed by atoms with Crippen LogP contribution in [0.3, 0.4) is 0 Å². The predicted octanol–water partition coefficient (Wildman–Crippen LogP) is 3.48. The standard InChI is InChI=1S/C17H32O4Si/c1-6-14(22(18-7-2,19-8-3)20-9-4)13-10-12-11(5)15(13)17-16(12)21-17/h11-17H,6-10H2,1-5H3. The molecule has 1 aliphatic heterocycles. The van der Waals surface area contributed by atoms with Crippen LogP contribution in [-0.4, -0.2) is 40.8 Å². The largest absolute Gasteiger partial charge is 0.504 e. The summed E-state index contributed by atoms with van der Waals surface area (Å²) in [7, 11) is -2.62. The van der Waals surface area contributed by atoms with Gasteiger partial charge < -0.3 is 18.0 Å². The number of rotatable bonds is 9. The molecule has 0 aromatic heterocycles. The molecule has 128 valence electrons. The molecule has 0 aromatic rings. The molecular weight excluding hydrogens is 296 g/mol. The van der Waals surface area contributed by atoms with Crippen LogP contribution in [-0.2, 0) is 18.0 Å². The zero-order valence-electron chi connectivity index (χ0n) is 14.7. The van der Waals surface area contributed by atoms with Crippen LogP contribution >= 0.6 is 0 Å². The van der Waals surface area contributed by atoms with Gasteiger partial charge in [0, 0.05) is 25.4 Å². The first-order valence-corrected chi connectivity index (χ1v) is 11.0. The van der Waals surface area contributed by atoms with Crippen LogP contribution in [0.4, 0.5) is 0 Å². The molecule has 0 N–H and O–H groups in total. The molecule has 0 aromatic carbocycles. The van der Waals surface area contributed by atoms with E-state index in [0.29, 0.717) is 49.4 Å². The van der Waals surface area contributed by atoms with Crippen LogP contribution in [0.25, 0.3) is 0 Å². The molecule has 5 heteroatoms. The summed E-state index contributed by atoms with van der Waals surface area (Å²) in [4.78, 5) is 0. The molecule has 0 amide bonds. The first kappa shape index (κ1) is 16.9. The summed E-state index contributed by atoms with van der Waals surface area (Å²) >= 11 is 0. The summed E-state index contributed by atoms with van der Waals surface area (Å²) in [6.45, 7) is 12.8. The summed E-state index contributed by atoms with van der Waals surface area (Å²) < 4.78 is 24.6. The van der Waals surface area contributed by atoms with E-state index in [2.05, 4.69) is 34.6 Å². The lowest BCUT2D eigenvalue weighted by Gasteiger charge is -2.40. The molecule has 7 unspecified atom stereocenters. The zero-order chi connectivity index (χ0) is 15.9. The SMILES string of the molecule is CCO[Si](OCC)(OCC)C(CC)C1CC2C(C)C1C1OC21. The van der Waals surface area contributed by atoms with Crippen LogP contribution in [0, 0.1) is 23.7 Å². The van der Waals surface area contributed by atoms with Crippen molar-refractivity contribution >= 4 is 8.80 Å². The third kappa shape index (κ3) is 2.49. The van der Waals surface area contributed by atoms with Crippen molar-refractivity contribution < 1.29 is 18.0 Å². The molecule has 1 saturated heterocycles. The van der Waals surface area contributed by atoms with E-state index in [1.165, 1.54) is 6.42 Å². The summed E-state index contributed by atoms with van der Waals surface area (Å²) in [6.07, 6.45) is 3.43. The Hall–Kier alpha value is 0.0569. The molecule has 3 aliphatic rings. The number of fused-ring (bicyclic) bond motifs is 5. The molecular formula is C17H32O4Si. The third-order valence-corrected chi connectivity index (χ3v) is 9.95. The molecule has 2 saturated carbocycles. The lowest BCUT2D eigenvalue weighted by Crippen LogP contribution is -2.53. The number of epoxide rings is 1. The smallest absolute Gasteiger partial charge is 0.374 e. The fourth-order valence-corrected chi connectivity index (χ4v) is 8.91. The van der Waals surface area contributed by atoms with Gasteiger partial charge >= 0.3 is 8.80 Å². The van der Waals surface area contributed by atoms with E-state index in [4.69, 9.17) is 18.0 Å². The van der Waals surface area contributed by atoms with Crippen LogP contribution < -0.4 is 0 Å². The van der Waals surface area contributed by atoms with E-state index in [9.17, 15) is 0 Å². The van der Waals surface area contributed by atoms with Gasteiger partial charge in [-0.15, -0.1) is 0 Å². The van der Waals surface area contributed by atoms with Crippen molar-refractivity contribution in [2.24, 2.45) is 23.7 Å². The van der Waals surface area contributed by atoms with E-state index in [-0.39, 0.29) is 0 Å². The quantitative estimate of drug-likeness (QED) is 0.480. The minimum absolute atomic E-state index is 0.412. The maximum absolute atomic E-state index is 6.22. The van der Waals surface area contributed by atoms with Crippen LogP contribution in [0.2, 0.25) is 5.54 Å². The van der Waals surface area contributed by atoms with Gasteiger partial charge in [-0.2, -0.15) is 0 Å². The monoisotopic (exact) mass is 328 g/mol. The zero-order valence-corrected chi connectivity index (χ0v) is 15.7. The highest BCUT2D eigenvalue weighted by atomic mass is 28.4. The molecule has 22 heavy (non-hydrogen) atoms. The maximum atomic E-state index is 6.22. The Kier molecular flexibility index (Phi) is 5.00. The van der Waals surface area contributed by atoms with Gasteiger partial charge in [0.1, 0.15) is 0 Å². The van der Waals surface area contributed by atoms with E-state index in [0.717, 1.165) is 18.3 Å². The second kappa shape index (κ2) is 6.52. The Bertz CT molecular complexity index is 374. The van der Waals surface area contributed by atoms with E-state index in [1.807, 2.05) is 0 Å². The average Bonchev–Trinajstić information content (AvgIpc) is 3.16. The molecule has 7 atom stereocenters. The highest BCUT2D eigenvalue weighted by Crippen LogP contribution is 2.65. The van der Waals surface area contributed by atoms with E-state index >= 15 is 0 Å². The van der Waals surface area contributed by atoms with Crippen LogP contribution in [0.5, 0.6) is 0 Å². The van der Waals surface area contributed by atoms with E-state index in [1.54, 1.807) is 0 Å². The van der Waals surface area contributed by atoms with Gasteiger partial charge in [0.25, 0.3) is 0 Å². The van der Waals surface area contributed by atoms with Gasteiger partial charge in [-0.25, -0.2) is 0 Å². The van der Waals surface area contributed by atoms with Crippen molar-refractivity contribution in [1.82, 2.24) is 0 Å². The second-order valence-corrected chi connectivity index (χ2v) is 9.80. The number of ether oxygens (including phenoxy) is 1. The summed E-state index contributed by atoms with van der Waals surface area (Å²) in [5.41, 5.74) is 0.412. The predicted molar refractivity (Wildman–Crippen MR) is 87.6 cm³/mol. The third-order valence-electron chi connectivity index (χ3n) is 6.13. The minimum atomic E-state index is -2.62. The topological polar surface area (TPSA) is 40.2 Å². The Morgan fingerprint density at radius 3 is 2.00 bits per heavy atom. The highest BCUT2D eigenvalue weighted by molar-refractivity contribution is 6.62. The highest BCUT2D eigenvalue weighted by Gasteiger charge is 2.70. The fourth-order valence-electron chi connectivity index (χ4n) is 5.43. The van der Waals surface area contributed by atoms with Crippen molar-refractivity contribution in [1.29, 1.82) is 0 Å². The minimum Gasteiger partial charge on any atom is -0.374 e. The lowest BCUT2D eigenvalue weighted by atomic mass is 9.84. The molecule has 3 rings (SSSR count). The Labute approximate surface area is 136 Å². The van der Waals surface area contributed by atoms with Gasteiger partial charge in [0.15, 0.2) is 0 Å². The Morgan fingerprint density at radius 2 is 1.59 bits per heavy atom. The first-order valence-electron chi connectivity index (χ1n) is 9.20. The van der Waals surface area contributed by atoms with Crippen LogP contribution in [0.15, 0.2) is 0 Å². The summed E-state index contributed by atoms with van der Waals surface area (Å²) in [5, 5.41) is 0. The van der Waals surface area contributed by atoms with Crippen molar-refractivity contribution in [3.63, 3.8) is 0 Å². The van der Waals surface area contributed by atoms with Crippen molar-refractivity contribution in [3.8, 4) is 0 Å². The Morgan fingerprint density at radius 1 is 1.00 bits per heavy atom. The van der Waals surface area contributed by atoms with Gasteiger partial charge in [0.2, 0.25) is 0 Å². The van der Waals surface area contributed by atoms with Crippen molar-refractivity contribution in [2.75, 3.05) is 19.8 Å². The molecule has 2 bridgehead atoms. The van der Waals surface area contributed by atoms with Crippen molar-refractivity contribution in [2.45, 2.75) is 65.2 Å². The average molecular weight is 329 g/mol. The Balaban J connectivity index is 1.84. The normalized spacial score (nSPS) is 40.8. The summed E-state index contributed by atoms with van der Waals surface area (Å²) in [5.74, 6) is 2.88. The summed E-state index contributed by atoms with van der Waals surface area (Å²) in [6, 6.07) is 0.